The summed E-state index contributed by atoms with van der Waals surface area (Å²) in [7, 11) is 0. The fraction of sp³-hybridized carbons (Fsp3) is 0.768. The fourth-order valence-corrected chi connectivity index (χ4v) is 9.38. The molecule has 0 heterocycles. The van der Waals surface area contributed by atoms with Crippen LogP contribution in [-0.4, -0.2) is 36.4 Å². The average Bonchev–Trinajstić information content (AvgIpc) is 3.40. The maximum Gasteiger partial charge on any atom is 0.306 e. The summed E-state index contributed by atoms with van der Waals surface area (Å²) >= 11 is 0. The number of ether oxygens (including phenoxy) is 2. The van der Waals surface area contributed by atoms with Gasteiger partial charge in [0.2, 0.25) is 0 Å². The van der Waals surface area contributed by atoms with E-state index in [0.717, 1.165) is 77.0 Å². The zero-order valence-electron chi connectivity index (χ0n) is 49.1. The molecular weight excluding hydrogens is 909 g/mol. The number of aliphatic hydroxyl groups is 1. The number of carbonyl (C=O) groups excluding carboxylic acids is 2. The van der Waals surface area contributed by atoms with E-state index in [-0.39, 0.29) is 25.2 Å². The molecule has 5 heteroatoms. The van der Waals surface area contributed by atoms with Crippen LogP contribution in [0.5, 0.6) is 0 Å². The first-order valence-corrected chi connectivity index (χ1v) is 32.1. The Kier molecular flexibility index (Phi) is 61.8. The van der Waals surface area contributed by atoms with Crippen molar-refractivity contribution in [2.75, 3.05) is 13.2 Å². The summed E-state index contributed by atoms with van der Waals surface area (Å²) in [5.41, 5.74) is 0. The van der Waals surface area contributed by atoms with Crippen LogP contribution in [0.4, 0.5) is 0 Å². The Bertz CT molecular complexity index is 1350. The largest absolute Gasteiger partial charge is 0.462 e. The predicted molar refractivity (Wildman–Crippen MR) is 325 cm³/mol. The first kappa shape index (κ1) is 71.1. The number of rotatable bonds is 59. The lowest BCUT2D eigenvalue weighted by Gasteiger charge is -2.15. The molecule has 0 saturated heterocycles. The summed E-state index contributed by atoms with van der Waals surface area (Å²) in [5.74, 6) is -0.585. The lowest BCUT2D eigenvalue weighted by atomic mass is 10.0. The van der Waals surface area contributed by atoms with Crippen molar-refractivity contribution in [3.63, 3.8) is 0 Å². The lowest BCUT2D eigenvalue weighted by molar-refractivity contribution is -0.161. The third-order valence-electron chi connectivity index (χ3n) is 14.2. The van der Waals surface area contributed by atoms with Crippen molar-refractivity contribution in [2.45, 2.75) is 328 Å². The van der Waals surface area contributed by atoms with Gasteiger partial charge >= 0.3 is 11.9 Å². The molecule has 0 aromatic carbocycles. The number of unbranched alkanes of at least 4 members (excludes halogenated alkanes) is 37. The van der Waals surface area contributed by atoms with E-state index in [2.05, 4.69) is 98.9 Å². The van der Waals surface area contributed by atoms with Gasteiger partial charge in [-0.05, 0) is 89.9 Å². The minimum absolute atomic E-state index is 0.0673. The molecule has 1 N–H and O–H groups in total. The normalized spacial score (nSPS) is 12.7. The van der Waals surface area contributed by atoms with Crippen molar-refractivity contribution in [1.29, 1.82) is 0 Å². The molecule has 0 rings (SSSR count). The fourth-order valence-electron chi connectivity index (χ4n) is 9.38. The second kappa shape index (κ2) is 64.4. The van der Waals surface area contributed by atoms with Crippen LogP contribution in [0.1, 0.15) is 322 Å². The van der Waals surface area contributed by atoms with Crippen LogP contribution in [0.15, 0.2) is 85.1 Å². The Morgan fingerprint density at radius 1 is 0.324 bits per heavy atom. The second-order valence-electron chi connectivity index (χ2n) is 21.5. The van der Waals surface area contributed by atoms with Crippen molar-refractivity contribution in [2.24, 2.45) is 0 Å². The van der Waals surface area contributed by atoms with Crippen LogP contribution in [0.2, 0.25) is 0 Å². The highest BCUT2D eigenvalue weighted by atomic mass is 16.6. The van der Waals surface area contributed by atoms with E-state index in [4.69, 9.17) is 9.47 Å². The van der Waals surface area contributed by atoms with Crippen LogP contribution in [0, 0.1) is 0 Å². The zero-order valence-corrected chi connectivity index (χ0v) is 49.1. The molecule has 0 amide bonds. The highest BCUT2D eigenvalue weighted by Crippen LogP contribution is 2.17. The van der Waals surface area contributed by atoms with E-state index < -0.39 is 6.10 Å². The van der Waals surface area contributed by atoms with Crippen molar-refractivity contribution >= 4 is 11.9 Å². The Morgan fingerprint density at radius 2 is 0.581 bits per heavy atom. The van der Waals surface area contributed by atoms with Crippen molar-refractivity contribution < 1.29 is 24.2 Å². The number of aliphatic hydroxyl groups excluding tert-OH is 1. The summed E-state index contributed by atoms with van der Waals surface area (Å²) in [5, 5.41) is 9.68. The van der Waals surface area contributed by atoms with Gasteiger partial charge in [0.1, 0.15) is 6.61 Å². The molecule has 0 fully saturated rings. The molecule has 1 unspecified atom stereocenters. The van der Waals surface area contributed by atoms with Gasteiger partial charge in [-0.2, -0.15) is 0 Å². The first-order chi connectivity index (χ1) is 36.6. The smallest absolute Gasteiger partial charge is 0.306 e. The second-order valence-corrected chi connectivity index (χ2v) is 21.5. The highest BCUT2D eigenvalue weighted by Gasteiger charge is 2.16. The average molecular weight is 1030 g/mol. The Hall–Kier alpha value is -2.92. The van der Waals surface area contributed by atoms with Crippen LogP contribution < -0.4 is 0 Å². The monoisotopic (exact) mass is 1030 g/mol. The van der Waals surface area contributed by atoms with Crippen LogP contribution in [-0.2, 0) is 19.1 Å². The van der Waals surface area contributed by atoms with Gasteiger partial charge < -0.3 is 14.6 Å². The molecule has 428 valence electrons. The van der Waals surface area contributed by atoms with Crippen LogP contribution in [0.3, 0.4) is 0 Å². The quantitative estimate of drug-likeness (QED) is 0.0373. The van der Waals surface area contributed by atoms with Gasteiger partial charge in [0.05, 0.1) is 6.61 Å². The summed E-state index contributed by atoms with van der Waals surface area (Å²) < 4.78 is 10.7. The SMILES string of the molecule is CC/C=C\C/C=C\C/C=C\C/C=C\CCCCCCCCCCCCC(=O)OC(CO)COC(=O)CCCCCCCCCCCCCCCCCCCCCCCC/C=C\C/C=C\C/C=C\CCCCCCC. The molecule has 0 aromatic heterocycles. The van der Waals surface area contributed by atoms with Crippen molar-refractivity contribution in [1.82, 2.24) is 0 Å². The number of esters is 2. The van der Waals surface area contributed by atoms with Crippen molar-refractivity contribution in [3.05, 3.63) is 85.1 Å². The van der Waals surface area contributed by atoms with E-state index in [1.165, 1.54) is 218 Å². The summed E-state index contributed by atoms with van der Waals surface area (Å²) in [4.78, 5) is 24.6. The molecule has 0 bridgehead atoms. The van der Waals surface area contributed by atoms with E-state index in [9.17, 15) is 14.7 Å². The van der Waals surface area contributed by atoms with E-state index in [0.29, 0.717) is 12.8 Å². The van der Waals surface area contributed by atoms with Gasteiger partial charge in [0.25, 0.3) is 0 Å². The lowest BCUT2D eigenvalue weighted by Crippen LogP contribution is -2.28. The third kappa shape index (κ3) is 61.6. The van der Waals surface area contributed by atoms with Gasteiger partial charge in [-0.15, -0.1) is 0 Å². The molecule has 0 aliphatic rings. The summed E-state index contributed by atoms with van der Waals surface area (Å²) in [6, 6.07) is 0. The van der Waals surface area contributed by atoms with Crippen LogP contribution >= 0.6 is 0 Å². The molecule has 1 atom stereocenters. The van der Waals surface area contributed by atoms with Gasteiger partial charge in [0, 0.05) is 12.8 Å². The maximum absolute atomic E-state index is 12.3. The minimum atomic E-state index is -0.778. The standard InChI is InChI=1S/C69H122O5/c1-3-5-7-9-11-13-15-17-19-21-23-25-27-28-29-30-31-32-33-34-35-36-37-38-39-40-42-43-45-47-49-51-53-55-57-59-61-63-68(71)73-66-67(65-70)74-69(72)64-62-60-58-56-54-52-50-48-46-44-41-26-24-22-20-18-16-14-12-10-8-6-4-2/h6,8,12,14-15,17-18,20-21,23-24,26-28,67,70H,3-5,7,9-11,13,16,19,22,25,29-66H2,1-2H3/b8-6-,14-12-,17-15-,20-18-,23-21-,26-24-,28-27-. The van der Waals surface area contributed by atoms with Gasteiger partial charge in [-0.25, -0.2) is 0 Å². The summed E-state index contributed by atoms with van der Waals surface area (Å²) in [6.07, 6.45) is 90.2. The molecular formula is C69H122O5. The van der Waals surface area contributed by atoms with Gasteiger partial charge in [-0.1, -0.05) is 304 Å². The number of allylic oxidation sites excluding steroid dienone is 14. The van der Waals surface area contributed by atoms with Gasteiger partial charge in [0.15, 0.2) is 6.10 Å². The highest BCUT2D eigenvalue weighted by molar-refractivity contribution is 5.70. The third-order valence-corrected chi connectivity index (χ3v) is 14.2. The molecule has 0 aromatic rings. The number of hydrogen-bond acceptors (Lipinski definition) is 5. The van der Waals surface area contributed by atoms with Gasteiger partial charge in [-0.3, -0.25) is 9.59 Å². The molecule has 0 aliphatic heterocycles. The Labute approximate surface area is 460 Å². The first-order valence-electron chi connectivity index (χ1n) is 32.1. The Morgan fingerprint density at radius 3 is 0.878 bits per heavy atom. The number of hydrogen-bond donors (Lipinski definition) is 1. The van der Waals surface area contributed by atoms with Crippen LogP contribution in [0.25, 0.3) is 0 Å². The molecule has 0 spiro atoms. The topological polar surface area (TPSA) is 72.8 Å². The van der Waals surface area contributed by atoms with E-state index in [1.54, 1.807) is 0 Å². The predicted octanol–water partition coefficient (Wildman–Crippen LogP) is 22.1. The molecule has 0 aliphatic carbocycles. The Balaban J connectivity index is 3.43. The molecule has 0 radical (unpaired) electrons. The molecule has 0 saturated carbocycles. The molecule has 5 nitrogen and oxygen atoms in total. The number of carbonyl (C=O) groups is 2. The molecule has 74 heavy (non-hydrogen) atoms. The maximum atomic E-state index is 12.3. The van der Waals surface area contributed by atoms with Crippen molar-refractivity contribution in [3.8, 4) is 0 Å². The zero-order chi connectivity index (χ0) is 53.4. The minimum Gasteiger partial charge on any atom is -0.462 e. The summed E-state index contributed by atoms with van der Waals surface area (Å²) in [6.45, 7) is 4.04. The van der Waals surface area contributed by atoms with E-state index >= 15 is 0 Å². The van der Waals surface area contributed by atoms with E-state index in [1.807, 2.05) is 0 Å².